The highest BCUT2D eigenvalue weighted by Crippen LogP contribution is 2.20. The molecule has 2 aromatic carbocycles. The number of amides is 2. The first-order valence-electron chi connectivity index (χ1n) is 12.4. The van der Waals surface area contributed by atoms with Gasteiger partial charge in [-0.3, -0.25) is 9.69 Å². The SMILES string of the molecule is O=C1OC(Cc2ccc(OCc3coc(/C=C/c4ccccc4)n3)cc2)C(=O)N1CCN1CCOCC1. The normalized spacial score (nSPS) is 18.5. The molecule has 3 aromatic rings. The maximum atomic E-state index is 12.7. The molecule has 0 aliphatic carbocycles. The number of oxazole rings is 1. The molecule has 37 heavy (non-hydrogen) atoms. The van der Waals surface area contributed by atoms with Crippen molar-refractivity contribution in [1.29, 1.82) is 0 Å². The molecule has 2 aliphatic rings. The van der Waals surface area contributed by atoms with Crippen molar-refractivity contribution in [1.82, 2.24) is 14.8 Å². The fourth-order valence-corrected chi connectivity index (χ4v) is 4.19. The zero-order valence-electron chi connectivity index (χ0n) is 20.5. The molecule has 9 nitrogen and oxygen atoms in total. The second-order valence-corrected chi connectivity index (χ2v) is 8.87. The van der Waals surface area contributed by atoms with Gasteiger partial charge in [0, 0.05) is 38.7 Å². The highest BCUT2D eigenvalue weighted by molar-refractivity contribution is 6.00. The lowest BCUT2D eigenvalue weighted by Crippen LogP contribution is -2.43. The molecule has 1 atom stereocenters. The van der Waals surface area contributed by atoms with E-state index in [2.05, 4.69) is 9.88 Å². The number of carbonyl (C=O) groups is 2. The first kappa shape index (κ1) is 24.7. The van der Waals surface area contributed by atoms with Gasteiger partial charge in [-0.05, 0) is 29.3 Å². The molecule has 0 radical (unpaired) electrons. The first-order valence-corrected chi connectivity index (χ1v) is 12.4. The van der Waals surface area contributed by atoms with Crippen molar-refractivity contribution in [2.75, 3.05) is 39.4 Å². The van der Waals surface area contributed by atoms with Crippen molar-refractivity contribution < 1.29 is 28.2 Å². The molecular weight excluding hydrogens is 474 g/mol. The summed E-state index contributed by atoms with van der Waals surface area (Å²) in [5.41, 5.74) is 2.62. The number of carbonyl (C=O) groups excluding carboxylic acids is 2. The van der Waals surface area contributed by atoms with E-state index in [0.717, 1.165) is 24.2 Å². The summed E-state index contributed by atoms with van der Waals surface area (Å²) in [6.45, 7) is 4.17. The summed E-state index contributed by atoms with van der Waals surface area (Å²) < 4.78 is 22.0. The van der Waals surface area contributed by atoms with E-state index in [1.807, 2.05) is 66.7 Å². The third kappa shape index (κ3) is 6.63. The Bertz CT molecular complexity index is 1220. The standard InChI is InChI=1S/C28H29N3O6/c32-27-25(37-28(33)31(27)13-12-30-14-16-34-17-15-30)18-22-6-9-24(10-7-22)35-19-23-20-36-26(29-23)11-8-21-4-2-1-3-5-21/h1-11,20,25H,12-19H2/b11-8+. The summed E-state index contributed by atoms with van der Waals surface area (Å²) >= 11 is 0. The molecule has 1 aromatic heterocycles. The van der Waals surface area contributed by atoms with E-state index in [-0.39, 0.29) is 12.5 Å². The smallest absolute Gasteiger partial charge is 0.417 e. The molecule has 1 unspecified atom stereocenters. The van der Waals surface area contributed by atoms with Crippen LogP contribution in [0.25, 0.3) is 12.2 Å². The summed E-state index contributed by atoms with van der Waals surface area (Å²) in [5.74, 6) is 0.879. The summed E-state index contributed by atoms with van der Waals surface area (Å²) in [5, 5.41) is 0. The number of nitrogens with zero attached hydrogens (tertiary/aromatic N) is 3. The van der Waals surface area contributed by atoms with Gasteiger partial charge in [0.05, 0.1) is 13.2 Å². The Morgan fingerprint density at radius 1 is 0.973 bits per heavy atom. The fourth-order valence-electron chi connectivity index (χ4n) is 4.19. The molecule has 0 saturated carbocycles. The van der Waals surface area contributed by atoms with Crippen molar-refractivity contribution in [3.8, 4) is 5.75 Å². The molecule has 192 valence electrons. The third-order valence-electron chi connectivity index (χ3n) is 6.27. The lowest BCUT2D eigenvalue weighted by Gasteiger charge is -2.27. The minimum absolute atomic E-state index is 0.263. The van der Waals surface area contributed by atoms with Crippen LogP contribution in [-0.2, 0) is 27.3 Å². The molecule has 2 amide bonds. The number of rotatable bonds is 10. The third-order valence-corrected chi connectivity index (χ3v) is 6.27. The van der Waals surface area contributed by atoms with Crippen LogP contribution in [0.5, 0.6) is 5.75 Å². The lowest BCUT2D eigenvalue weighted by molar-refractivity contribution is -0.129. The number of benzene rings is 2. The minimum Gasteiger partial charge on any atom is -0.487 e. The highest BCUT2D eigenvalue weighted by Gasteiger charge is 2.40. The van der Waals surface area contributed by atoms with Crippen LogP contribution in [0.4, 0.5) is 4.79 Å². The van der Waals surface area contributed by atoms with Gasteiger partial charge in [0.2, 0.25) is 5.89 Å². The topological polar surface area (TPSA) is 94.3 Å². The van der Waals surface area contributed by atoms with Gasteiger partial charge in [0.25, 0.3) is 5.91 Å². The summed E-state index contributed by atoms with van der Waals surface area (Å²) in [7, 11) is 0. The van der Waals surface area contributed by atoms with E-state index in [4.69, 9.17) is 18.6 Å². The van der Waals surface area contributed by atoms with Crippen molar-refractivity contribution >= 4 is 24.2 Å². The Kier molecular flexibility index (Phi) is 7.93. The number of cyclic esters (lactones) is 1. The van der Waals surface area contributed by atoms with Gasteiger partial charge in [-0.2, -0.15) is 0 Å². The molecule has 3 heterocycles. The second-order valence-electron chi connectivity index (χ2n) is 8.87. The zero-order chi connectivity index (χ0) is 25.5. The quantitative estimate of drug-likeness (QED) is 0.414. The van der Waals surface area contributed by atoms with Gasteiger partial charge >= 0.3 is 6.09 Å². The minimum atomic E-state index is -0.804. The number of hydrogen-bond acceptors (Lipinski definition) is 8. The van der Waals surface area contributed by atoms with Gasteiger partial charge < -0.3 is 18.6 Å². The molecule has 0 N–H and O–H groups in total. The second kappa shape index (κ2) is 11.9. The molecule has 9 heteroatoms. The number of aromatic nitrogens is 1. The molecule has 2 saturated heterocycles. The maximum Gasteiger partial charge on any atom is 0.417 e. The summed E-state index contributed by atoms with van der Waals surface area (Å²) in [6, 6.07) is 17.3. The van der Waals surface area contributed by atoms with E-state index >= 15 is 0 Å². The van der Waals surface area contributed by atoms with Crippen LogP contribution >= 0.6 is 0 Å². The molecular formula is C28H29N3O6. The van der Waals surface area contributed by atoms with Gasteiger partial charge in [0.1, 0.15) is 24.3 Å². The Morgan fingerprint density at radius 2 is 1.76 bits per heavy atom. The highest BCUT2D eigenvalue weighted by atomic mass is 16.6. The summed E-state index contributed by atoms with van der Waals surface area (Å²) in [4.78, 5) is 32.8. The van der Waals surface area contributed by atoms with Crippen molar-refractivity contribution in [3.05, 3.63) is 83.6 Å². The molecule has 0 bridgehead atoms. The monoisotopic (exact) mass is 503 g/mol. The molecule has 2 fully saturated rings. The van der Waals surface area contributed by atoms with Crippen LogP contribution in [0.1, 0.15) is 22.7 Å². The lowest BCUT2D eigenvalue weighted by atomic mass is 10.1. The van der Waals surface area contributed by atoms with E-state index < -0.39 is 12.2 Å². The predicted molar refractivity (Wildman–Crippen MR) is 136 cm³/mol. The Morgan fingerprint density at radius 3 is 2.54 bits per heavy atom. The summed E-state index contributed by atoms with van der Waals surface area (Å²) in [6.07, 6.45) is 4.26. The largest absolute Gasteiger partial charge is 0.487 e. The van der Waals surface area contributed by atoms with E-state index in [1.165, 1.54) is 4.90 Å². The van der Waals surface area contributed by atoms with Crippen molar-refractivity contribution in [2.45, 2.75) is 19.1 Å². The van der Waals surface area contributed by atoms with E-state index in [1.54, 1.807) is 6.26 Å². The Balaban J connectivity index is 1.08. The number of hydrogen-bond donors (Lipinski definition) is 0. The van der Waals surface area contributed by atoms with Crippen LogP contribution in [0, 0.1) is 0 Å². The Labute approximate surface area is 215 Å². The number of imide groups is 1. The number of ether oxygens (including phenoxy) is 3. The maximum absolute atomic E-state index is 12.7. The van der Waals surface area contributed by atoms with Crippen LogP contribution in [0.15, 0.2) is 65.3 Å². The molecule has 5 rings (SSSR count). The van der Waals surface area contributed by atoms with Crippen molar-refractivity contribution in [3.63, 3.8) is 0 Å². The van der Waals surface area contributed by atoms with E-state index in [9.17, 15) is 9.59 Å². The van der Waals surface area contributed by atoms with Gasteiger partial charge in [0.15, 0.2) is 6.10 Å². The van der Waals surface area contributed by atoms with Gasteiger partial charge in [-0.1, -0.05) is 42.5 Å². The van der Waals surface area contributed by atoms with Gasteiger partial charge in [-0.15, -0.1) is 0 Å². The average Bonchev–Trinajstić information content (AvgIpc) is 3.50. The van der Waals surface area contributed by atoms with Crippen molar-refractivity contribution in [2.24, 2.45) is 0 Å². The van der Waals surface area contributed by atoms with Crippen LogP contribution < -0.4 is 4.74 Å². The van der Waals surface area contributed by atoms with Gasteiger partial charge in [-0.25, -0.2) is 14.7 Å². The predicted octanol–water partition coefficient (Wildman–Crippen LogP) is 3.65. The van der Waals surface area contributed by atoms with Crippen LogP contribution in [0.3, 0.4) is 0 Å². The average molecular weight is 504 g/mol. The first-order chi connectivity index (χ1) is 18.1. The van der Waals surface area contributed by atoms with Crippen LogP contribution in [0.2, 0.25) is 0 Å². The zero-order valence-corrected chi connectivity index (χ0v) is 20.5. The Hall–Kier alpha value is -3.95. The van der Waals surface area contributed by atoms with E-state index in [0.29, 0.717) is 50.1 Å². The van der Waals surface area contributed by atoms with Crippen LogP contribution in [-0.4, -0.2) is 72.3 Å². The number of morpholine rings is 1. The molecule has 2 aliphatic heterocycles. The fraction of sp³-hybridized carbons (Fsp3) is 0.321. The molecule has 0 spiro atoms.